The molecular formula is C11H18FN3O. The van der Waals surface area contributed by atoms with E-state index < -0.39 is 0 Å². The summed E-state index contributed by atoms with van der Waals surface area (Å²) >= 11 is 0. The van der Waals surface area contributed by atoms with Gasteiger partial charge < -0.3 is 10.4 Å². The van der Waals surface area contributed by atoms with E-state index in [0.29, 0.717) is 18.5 Å². The minimum atomic E-state index is -0.388. The number of halogens is 1. The van der Waals surface area contributed by atoms with E-state index in [4.69, 9.17) is 5.11 Å². The Balaban J connectivity index is 2.79. The predicted octanol–water partition coefficient (Wildman–Crippen LogP) is 1.75. The first-order valence-corrected chi connectivity index (χ1v) is 5.59. The van der Waals surface area contributed by atoms with Gasteiger partial charge in [0.15, 0.2) is 11.6 Å². The summed E-state index contributed by atoms with van der Waals surface area (Å²) in [6, 6.07) is 0.0408. The van der Waals surface area contributed by atoms with Gasteiger partial charge in [-0.25, -0.2) is 14.4 Å². The van der Waals surface area contributed by atoms with Crippen molar-refractivity contribution in [2.45, 2.75) is 39.2 Å². The Labute approximate surface area is 94.9 Å². The molecule has 1 aromatic rings. The zero-order chi connectivity index (χ0) is 12.0. The van der Waals surface area contributed by atoms with Crippen LogP contribution in [0, 0.1) is 5.82 Å². The van der Waals surface area contributed by atoms with Crippen LogP contribution >= 0.6 is 0 Å². The summed E-state index contributed by atoms with van der Waals surface area (Å²) < 4.78 is 13.8. The zero-order valence-corrected chi connectivity index (χ0v) is 9.70. The Morgan fingerprint density at radius 2 is 2.19 bits per heavy atom. The van der Waals surface area contributed by atoms with Gasteiger partial charge in [-0.3, -0.25) is 0 Å². The Bertz CT molecular complexity index is 333. The molecule has 1 heterocycles. The van der Waals surface area contributed by atoms with E-state index in [9.17, 15) is 4.39 Å². The van der Waals surface area contributed by atoms with E-state index in [1.54, 1.807) is 0 Å². The van der Waals surface area contributed by atoms with Crippen LogP contribution in [0.2, 0.25) is 0 Å². The molecule has 0 aliphatic rings. The van der Waals surface area contributed by atoms with Crippen LogP contribution in [0.4, 0.5) is 10.2 Å². The fourth-order valence-electron chi connectivity index (χ4n) is 1.48. The molecule has 0 saturated carbocycles. The van der Waals surface area contributed by atoms with Crippen molar-refractivity contribution in [3.05, 3.63) is 17.8 Å². The Morgan fingerprint density at radius 1 is 1.44 bits per heavy atom. The van der Waals surface area contributed by atoms with Gasteiger partial charge in [-0.2, -0.15) is 0 Å². The van der Waals surface area contributed by atoms with Crippen molar-refractivity contribution in [3.8, 4) is 0 Å². The third-order valence-electron chi connectivity index (χ3n) is 2.51. The molecular weight excluding hydrogens is 209 g/mol. The maximum atomic E-state index is 13.8. The number of aliphatic hydroxyl groups is 1. The Hall–Kier alpha value is -1.23. The number of nitrogens with zero attached hydrogens (tertiary/aromatic N) is 2. The van der Waals surface area contributed by atoms with Crippen molar-refractivity contribution in [1.82, 2.24) is 9.97 Å². The van der Waals surface area contributed by atoms with Gasteiger partial charge in [0.05, 0.1) is 5.69 Å². The monoisotopic (exact) mass is 227 g/mol. The molecule has 0 bridgehead atoms. The second-order valence-electron chi connectivity index (χ2n) is 3.60. The summed E-state index contributed by atoms with van der Waals surface area (Å²) in [5.41, 5.74) is 0.413. The van der Waals surface area contributed by atoms with Crippen molar-refractivity contribution in [2.75, 3.05) is 11.9 Å². The molecule has 1 aromatic heterocycles. The number of aryl methyl sites for hydroxylation is 1. The van der Waals surface area contributed by atoms with Crippen LogP contribution in [-0.2, 0) is 6.42 Å². The van der Waals surface area contributed by atoms with Gasteiger partial charge in [-0.1, -0.05) is 13.8 Å². The van der Waals surface area contributed by atoms with Crippen molar-refractivity contribution in [2.24, 2.45) is 0 Å². The van der Waals surface area contributed by atoms with Crippen molar-refractivity contribution in [1.29, 1.82) is 0 Å². The van der Waals surface area contributed by atoms with Gasteiger partial charge in [0, 0.05) is 12.6 Å². The maximum absolute atomic E-state index is 13.8. The normalized spacial score (nSPS) is 12.5. The van der Waals surface area contributed by atoms with Crippen molar-refractivity contribution < 1.29 is 9.50 Å². The average Bonchev–Trinajstić information content (AvgIpc) is 2.31. The lowest BCUT2D eigenvalue weighted by atomic mass is 10.1. The van der Waals surface area contributed by atoms with Crippen LogP contribution in [0.1, 0.15) is 32.4 Å². The first-order chi connectivity index (χ1) is 7.72. The molecule has 2 N–H and O–H groups in total. The zero-order valence-electron chi connectivity index (χ0n) is 9.70. The average molecular weight is 227 g/mol. The van der Waals surface area contributed by atoms with E-state index >= 15 is 0 Å². The minimum absolute atomic E-state index is 0.0408. The van der Waals surface area contributed by atoms with Crippen LogP contribution in [-0.4, -0.2) is 27.7 Å². The summed E-state index contributed by atoms with van der Waals surface area (Å²) in [5.74, 6) is -0.159. The number of aromatic nitrogens is 2. The summed E-state index contributed by atoms with van der Waals surface area (Å²) in [4.78, 5) is 7.74. The molecule has 0 amide bonds. The first-order valence-electron chi connectivity index (χ1n) is 5.59. The topological polar surface area (TPSA) is 58.0 Å². The highest BCUT2D eigenvalue weighted by Crippen LogP contribution is 2.15. The van der Waals surface area contributed by atoms with Gasteiger partial charge in [-0.15, -0.1) is 0 Å². The summed E-state index contributed by atoms with van der Waals surface area (Å²) in [6.07, 6.45) is 3.29. The lowest BCUT2D eigenvalue weighted by Gasteiger charge is -2.17. The highest BCUT2D eigenvalue weighted by atomic mass is 19.1. The predicted molar refractivity (Wildman–Crippen MR) is 60.8 cm³/mol. The quantitative estimate of drug-likeness (QED) is 0.777. The molecule has 5 heteroatoms. The SMILES string of the molecule is CCc1ncnc(NC(CC)CCO)c1F. The molecule has 0 radical (unpaired) electrons. The molecule has 0 spiro atoms. The lowest BCUT2D eigenvalue weighted by molar-refractivity contribution is 0.278. The number of nitrogens with one attached hydrogen (secondary N) is 1. The van der Waals surface area contributed by atoms with Crippen LogP contribution in [0.3, 0.4) is 0 Å². The molecule has 1 atom stereocenters. The molecule has 4 nitrogen and oxygen atoms in total. The molecule has 90 valence electrons. The standard InChI is InChI=1S/C11H18FN3O/c1-3-8(5-6-16)15-11-10(12)9(4-2)13-7-14-11/h7-8,16H,3-6H2,1-2H3,(H,13,14,15). The van der Waals surface area contributed by atoms with Gasteiger partial charge in [0.2, 0.25) is 0 Å². The Morgan fingerprint density at radius 3 is 2.75 bits per heavy atom. The number of rotatable bonds is 6. The van der Waals surface area contributed by atoms with E-state index in [0.717, 1.165) is 6.42 Å². The largest absolute Gasteiger partial charge is 0.396 e. The molecule has 0 fully saturated rings. The Kier molecular flexibility index (Phi) is 5.11. The molecule has 0 aliphatic carbocycles. The van der Waals surface area contributed by atoms with Crippen LogP contribution in [0.15, 0.2) is 6.33 Å². The van der Waals surface area contributed by atoms with Crippen LogP contribution in [0.5, 0.6) is 0 Å². The molecule has 0 aromatic carbocycles. The number of hydrogen-bond donors (Lipinski definition) is 2. The number of aliphatic hydroxyl groups excluding tert-OH is 1. The van der Waals surface area contributed by atoms with Gasteiger partial charge in [0.1, 0.15) is 6.33 Å². The van der Waals surface area contributed by atoms with E-state index in [-0.39, 0.29) is 24.3 Å². The van der Waals surface area contributed by atoms with Crippen LogP contribution < -0.4 is 5.32 Å². The molecule has 1 unspecified atom stereocenters. The number of anilines is 1. The fraction of sp³-hybridized carbons (Fsp3) is 0.636. The maximum Gasteiger partial charge on any atom is 0.186 e. The minimum Gasteiger partial charge on any atom is -0.396 e. The molecule has 1 rings (SSSR count). The second-order valence-corrected chi connectivity index (χ2v) is 3.60. The van der Waals surface area contributed by atoms with Gasteiger partial charge in [0.25, 0.3) is 0 Å². The first kappa shape index (κ1) is 12.8. The van der Waals surface area contributed by atoms with Gasteiger partial charge >= 0.3 is 0 Å². The van der Waals surface area contributed by atoms with E-state index in [2.05, 4.69) is 15.3 Å². The van der Waals surface area contributed by atoms with Gasteiger partial charge in [-0.05, 0) is 19.3 Å². The van der Waals surface area contributed by atoms with Crippen molar-refractivity contribution in [3.63, 3.8) is 0 Å². The third kappa shape index (κ3) is 3.13. The fourth-order valence-corrected chi connectivity index (χ4v) is 1.48. The van der Waals surface area contributed by atoms with E-state index in [1.165, 1.54) is 6.33 Å². The summed E-state index contributed by atoms with van der Waals surface area (Å²) in [5, 5.41) is 11.8. The smallest absolute Gasteiger partial charge is 0.186 e. The van der Waals surface area contributed by atoms with E-state index in [1.807, 2.05) is 13.8 Å². The summed E-state index contributed by atoms with van der Waals surface area (Å²) in [7, 11) is 0. The highest BCUT2D eigenvalue weighted by Gasteiger charge is 2.13. The van der Waals surface area contributed by atoms with Crippen LogP contribution in [0.25, 0.3) is 0 Å². The molecule has 16 heavy (non-hydrogen) atoms. The molecule has 0 aliphatic heterocycles. The second kappa shape index (κ2) is 6.37. The number of hydrogen-bond acceptors (Lipinski definition) is 4. The third-order valence-corrected chi connectivity index (χ3v) is 2.51. The lowest BCUT2D eigenvalue weighted by Crippen LogP contribution is -2.21. The van der Waals surface area contributed by atoms with Crippen molar-refractivity contribution >= 4 is 5.82 Å². The molecule has 0 saturated heterocycles. The summed E-state index contributed by atoms with van der Waals surface area (Å²) in [6.45, 7) is 3.91. The highest BCUT2D eigenvalue weighted by molar-refractivity contribution is 5.38.